The predicted octanol–water partition coefficient (Wildman–Crippen LogP) is 2.52. The van der Waals surface area contributed by atoms with Gasteiger partial charge >= 0.3 is 6.18 Å². The molecule has 2 rings (SSSR count). The molecule has 0 heterocycles. The van der Waals surface area contributed by atoms with Crippen molar-refractivity contribution < 1.29 is 34.8 Å². The van der Waals surface area contributed by atoms with Crippen LogP contribution < -0.4 is 4.89 Å². The molecule has 0 aliphatic heterocycles. The standard InChI is InChI=1S/C15H14F3NO5S2/c1-25(20,21)13-4-2-3-5-14(13)26(22,23)19-24-10-11-6-8-12(9-7-11)15(16,17)18/h2-9,19H,10H2,1H3. The minimum Gasteiger partial charge on any atom is -0.282 e. The van der Waals surface area contributed by atoms with Crippen LogP contribution in [0, 0.1) is 0 Å². The van der Waals surface area contributed by atoms with Gasteiger partial charge in [0.1, 0.15) is 4.90 Å². The van der Waals surface area contributed by atoms with Crippen molar-refractivity contribution in [2.75, 3.05) is 6.26 Å². The van der Waals surface area contributed by atoms with Gasteiger partial charge in [0.25, 0.3) is 10.0 Å². The van der Waals surface area contributed by atoms with Gasteiger partial charge in [-0.15, -0.1) is 0 Å². The van der Waals surface area contributed by atoms with Crippen molar-refractivity contribution in [3.05, 3.63) is 59.7 Å². The lowest BCUT2D eigenvalue weighted by Gasteiger charge is -2.11. The predicted molar refractivity (Wildman–Crippen MR) is 86.1 cm³/mol. The largest absolute Gasteiger partial charge is 0.416 e. The third-order valence-corrected chi connectivity index (χ3v) is 5.78. The molecule has 0 aliphatic carbocycles. The lowest BCUT2D eigenvalue weighted by molar-refractivity contribution is -0.137. The van der Waals surface area contributed by atoms with E-state index in [9.17, 15) is 30.0 Å². The molecule has 26 heavy (non-hydrogen) atoms. The second kappa shape index (κ2) is 7.35. The highest BCUT2D eigenvalue weighted by Crippen LogP contribution is 2.29. The molecular formula is C15H14F3NO5S2. The molecule has 0 spiro atoms. The van der Waals surface area contributed by atoms with Crippen LogP contribution in [0.15, 0.2) is 58.3 Å². The maximum Gasteiger partial charge on any atom is 0.416 e. The highest BCUT2D eigenvalue weighted by molar-refractivity contribution is 7.93. The molecule has 142 valence electrons. The third-order valence-electron chi connectivity index (χ3n) is 3.23. The molecule has 0 amide bonds. The Balaban J connectivity index is 2.10. The van der Waals surface area contributed by atoms with E-state index in [-0.39, 0.29) is 12.2 Å². The molecule has 2 aromatic carbocycles. The molecule has 2 aromatic rings. The number of hydrogen-bond acceptors (Lipinski definition) is 5. The number of sulfonamides is 1. The van der Waals surface area contributed by atoms with Gasteiger partial charge in [-0.05, 0) is 29.8 Å². The summed E-state index contributed by atoms with van der Waals surface area (Å²) in [5, 5.41) is 0. The van der Waals surface area contributed by atoms with Gasteiger partial charge in [-0.1, -0.05) is 29.2 Å². The second-order valence-corrected chi connectivity index (χ2v) is 8.89. The monoisotopic (exact) mass is 409 g/mol. The molecule has 0 saturated carbocycles. The molecule has 0 bridgehead atoms. The first-order valence-corrected chi connectivity index (χ1v) is 10.4. The maximum absolute atomic E-state index is 12.5. The van der Waals surface area contributed by atoms with E-state index in [2.05, 4.69) is 0 Å². The fourth-order valence-electron chi connectivity index (χ4n) is 2.00. The highest BCUT2D eigenvalue weighted by atomic mass is 32.2. The zero-order valence-electron chi connectivity index (χ0n) is 13.3. The number of halogens is 3. The molecule has 11 heteroatoms. The Hall–Kier alpha value is -1.95. The van der Waals surface area contributed by atoms with Crippen LogP contribution in [-0.2, 0) is 37.5 Å². The van der Waals surface area contributed by atoms with Crippen LogP contribution in [-0.4, -0.2) is 23.1 Å². The molecule has 0 aromatic heterocycles. The Labute approximate surface area is 148 Å². The molecule has 0 unspecified atom stereocenters. The summed E-state index contributed by atoms with van der Waals surface area (Å²) >= 11 is 0. The number of rotatable bonds is 6. The van der Waals surface area contributed by atoms with E-state index in [0.29, 0.717) is 0 Å². The first-order valence-electron chi connectivity index (χ1n) is 7.00. The topological polar surface area (TPSA) is 89.5 Å². The van der Waals surface area contributed by atoms with Crippen molar-refractivity contribution in [1.29, 1.82) is 0 Å². The van der Waals surface area contributed by atoms with Crippen LogP contribution in [0.4, 0.5) is 13.2 Å². The van der Waals surface area contributed by atoms with Gasteiger partial charge in [-0.25, -0.2) is 16.8 Å². The molecule has 0 radical (unpaired) electrons. The summed E-state index contributed by atoms with van der Waals surface area (Å²) in [4.78, 5) is 5.70. The van der Waals surface area contributed by atoms with Gasteiger partial charge in [0, 0.05) is 6.26 Å². The first kappa shape index (κ1) is 20.4. The zero-order valence-corrected chi connectivity index (χ0v) is 15.0. The van der Waals surface area contributed by atoms with Gasteiger partial charge in [-0.3, -0.25) is 4.84 Å². The van der Waals surface area contributed by atoms with E-state index < -0.39 is 41.4 Å². The Morgan fingerprint density at radius 1 is 0.923 bits per heavy atom. The summed E-state index contributed by atoms with van der Waals surface area (Å²) in [6.45, 7) is -0.349. The fourth-order valence-corrected chi connectivity index (χ4v) is 4.44. The van der Waals surface area contributed by atoms with E-state index in [0.717, 1.165) is 42.7 Å². The van der Waals surface area contributed by atoms with E-state index in [1.54, 1.807) is 4.89 Å². The maximum atomic E-state index is 12.5. The smallest absolute Gasteiger partial charge is 0.282 e. The van der Waals surface area contributed by atoms with E-state index in [1.807, 2.05) is 0 Å². The van der Waals surface area contributed by atoms with Crippen LogP contribution in [0.2, 0.25) is 0 Å². The SMILES string of the molecule is CS(=O)(=O)c1ccccc1S(=O)(=O)NOCc1ccc(C(F)(F)F)cc1. The van der Waals surface area contributed by atoms with Crippen LogP contribution >= 0.6 is 0 Å². The van der Waals surface area contributed by atoms with Crippen molar-refractivity contribution in [2.24, 2.45) is 0 Å². The minimum atomic E-state index is -4.48. The lowest BCUT2D eigenvalue weighted by Crippen LogP contribution is -2.25. The van der Waals surface area contributed by atoms with Crippen LogP contribution in [0.1, 0.15) is 11.1 Å². The van der Waals surface area contributed by atoms with Crippen molar-refractivity contribution >= 4 is 19.9 Å². The van der Waals surface area contributed by atoms with Crippen molar-refractivity contribution in [3.8, 4) is 0 Å². The molecule has 1 N–H and O–H groups in total. The Kier molecular flexibility index (Phi) is 5.76. The number of nitrogens with one attached hydrogen (secondary N) is 1. The summed E-state index contributed by atoms with van der Waals surface area (Å²) in [5.74, 6) is 0. The van der Waals surface area contributed by atoms with E-state index in [1.165, 1.54) is 12.1 Å². The molecular weight excluding hydrogens is 395 g/mol. The van der Waals surface area contributed by atoms with Gasteiger partial charge in [0.05, 0.1) is 17.1 Å². The van der Waals surface area contributed by atoms with Crippen LogP contribution in [0.3, 0.4) is 0 Å². The average Bonchev–Trinajstić information content (AvgIpc) is 2.53. The number of sulfone groups is 1. The van der Waals surface area contributed by atoms with Crippen LogP contribution in [0.25, 0.3) is 0 Å². The highest BCUT2D eigenvalue weighted by Gasteiger charge is 2.30. The summed E-state index contributed by atoms with van der Waals surface area (Å²) in [7, 11) is -8.10. The molecule has 0 saturated heterocycles. The molecule has 0 fully saturated rings. The fraction of sp³-hybridized carbons (Fsp3) is 0.200. The van der Waals surface area contributed by atoms with Crippen LogP contribution in [0.5, 0.6) is 0 Å². The van der Waals surface area contributed by atoms with Gasteiger partial charge in [-0.2, -0.15) is 13.2 Å². The molecule has 6 nitrogen and oxygen atoms in total. The average molecular weight is 409 g/mol. The summed E-state index contributed by atoms with van der Waals surface area (Å²) in [5.41, 5.74) is -0.555. The second-order valence-electron chi connectivity index (χ2n) is 5.29. The summed E-state index contributed by atoms with van der Waals surface area (Å²) in [6.07, 6.45) is -3.61. The normalized spacial score (nSPS) is 12.9. The zero-order chi connectivity index (χ0) is 19.6. The van der Waals surface area contributed by atoms with Crippen molar-refractivity contribution in [1.82, 2.24) is 4.89 Å². The number of alkyl halides is 3. The first-order chi connectivity index (χ1) is 11.9. The van der Waals surface area contributed by atoms with Crippen molar-refractivity contribution in [2.45, 2.75) is 22.6 Å². The minimum absolute atomic E-state index is 0.289. The van der Waals surface area contributed by atoms with Gasteiger partial charge < -0.3 is 0 Å². The third kappa shape index (κ3) is 5.04. The summed E-state index contributed by atoms with van der Waals surface area (Å²) in [6, 6.07) is 8.92. The Morgan fingerprint density at radius 3 is 1.96 bits per heavy atom. The van der Waals surface area contributed by atoms with Gasteiger partial charge in [0.2, 0.25) is 0 Å². The number of hydrogen-bond donors (Lipinski definition) is 1. The quantitative estimate of drug-likeness (QED) is 0.741. The van der Waals surface area contributed by atoms with E-state index in [4.69, 9.17) is 4.84 Å². The van der Waals surface area contributed by atoms with Crippen molar-refractivity contribution in [3.63, 3.8) is 0 Å². The summed E-state index contributed by atoms with van der Waals surface area (Å²) < 4.78 is 85.3. The van der Waals surface area contributed by atoms with E-state index >= 15 is 0 Å². The Bertz CT molecular complexity index is 985. The number of benzene rings is 2. The lowest BCUT2D eigenvalue weighted by atomic mass is 10.1. The van der Waals surface area contributed by atoms with Gasteiger partial charge in [0.15, 0.2) is 9.84 Å². The molecule has 0 aliphatic rings. The Morgan fingerprint density at radius 2 is 1.46 bits per heavy atom. The molecule has 0 atom stereocenters.